The number of carbonyl (C=O) groups excluding carboxylic acids is 1. The largest absolute Gasteiger partial charge is 0.414 e. The van der Waals surface area contributed by atoms with Crippen molar-refractivity contribution < 1.29 is 9.22 Å². The van der Waals surface area contributed by atoms with Crippen molar-refractivity contribution in [2.45, 2.75) is 103 Å². The molecule has 1 heterocycles. The molecule has 1 saturated heterocycles. The molecule has 1 aliphatic heterocycles. The van der Waals surface area contributed by atoms with E-state index >= 15 is 0 Å². The maximum absolute atomic E-state index is 13.5. The molecule has 1 saturated carbocycles. The quantitative estimate of drug-likeness (QED) is 0.407. The highest BCUT2D eigenvalue weighted by Crippen LogP contribution is 2.42. The van der Waals surface area contributed by atoms with Crippen molar-refractivity contribution in [2.24, 2.45) is 5.41 Å². The number of rotatable bonds is 5. The van der Waals surface area contributed by atoms with Crippen LogP contribution in [0.25, 0.3) is 0 Å². The Morgan fingerprint density at radius 2 is 1.77 bits per heavy atom. The number of nitrogens with zero attached hydrogens (tertiary/aromatic N) is 1. The van der Waals surface area contributed by atoms with Crippen LogP contribution in [0.1, 0.15) is 70.9 Å². The van der Waals surface area contributed by atoms with Gasteiger partial charge in [-0.3, -0.25) is 4.79 Å². The zero-order valence-corrected chi connectivity index (χ0v) is 22.8. The fourth-order valence-corrected chi connectivity index (χ4v) is 6.64. The van der Waals surface area contributed by atoms with Crippen LogP contribution in [0.2, 0.25) is 28.2 Å². The lowest BCUT2D eigenvalue weighted by Gasteiger charge is -2.42. The van der Waals surface area contributed by atoms with Gasteiger partial charge in [-0.15, -0.1) is 0 Å². The maximum atomic E-state index is 13.5. The van der Waals surface area contributed by atoms with Crippen molar-refractivity contribution in [2.75, 3.05) is 6.54 Å². The standard InChI is InChI=1S/C25H39Cl2NO2Si/c1-17-21(26)13-8-18(22(17)27)16-25(5)14-15-28(23(25)29)19-9-11-20(12-10-19)30-31(6,7)24(2,3)4/h8,13,19-20H,9-12,14-16H2,1-7H3/t19-,20+,25?. The number of amides is 1. The maximum Gasteiger partial charge on any atom is 0.229 e. The van der Waals surface area contributed by atoms with Crippen molar-refractivity contribution in [1.82, 2.24) is 4.90 Å². The zero-order valence-electron chi connectivity index (χ0n) is 20.3. The third-order valence-electron chi connectivity index (χ3n) is 8.01. The van der Waals surface area contributed by atoms with Crippen molar-refractivity contribution in [3.63, 3.8) is 0 Å². The summed E-state index contributed by atoms with van der Waals surface area (Å²) >= 11 is 12.8. The molecule has 1 aromatic carbocycles. The number of hydrogen-bond acceptors (Lipinski definition) is 2. The van der Waals surface area contributed by atoms with Gasteiger partial charge < -0.3 is 9.33 Å². The van der Waals surface area contributed by atoms with Crippen LogP contribution < -0.4 is 0 Å². The molecule has 2 aliphatic rings. The lowest BCUT2D eigenvalue weighted by Crippen LogP contribution is -2.47. The van der Waals surface area contributed by atoms with Gasteiger partial charge in [0.25, 0.3) is 0 Å². The van der Waals surface area contributed by atoms with E-state index in [1.165, 1.54) is 0 Å². The van der Waals surface area contributed by atoms with Gasteiger partial charge in [-0.2, -0.15) is 0 Å². The summed E-state index contributed by atoms with van der Waals surface area (Å²) in [4.78, 5) is 15.6. The lowest BCUT2D eigenvalue weighted by atomic mass is 9.81. The molecular weight excluding hydrogens is 445 g/mol. The molecule has 31 heavy (non-hydrogen) atoms. The van der Waals surface area contributed by atoms with Crippen LogP contribution in [0.3, 0.4) is 0 Å². The van der Waals surface area contributed by atoms with Gasteiger partial charge in [0.15, 0.2) is 8.32 Å². The average Bonchev–Trinajstić information content (AvgIpc) is 2.97. The second-order valence-corrected chi connectivity index (χ2v) is 17.0. The van der Waals surface area contributed by atoms with Crippen LogP contribution in [-0.4, -0.2) is 37.8 Å². The molecule has 174 valence electrons. The number of halogens is 2. The average molecular weight is 485 g/mol. The summed E-state index contributed by atoms with van der Waals surface area (Å²) in [5, 5.41) is 1.61. The first-order valence-corrected chi connectivity index (χ1v) is 15.3. The smallest absolute Gasteiger partial charge is 0.229 e. The first-order chi connectivity index (χ1) is 14.2. The Balaban J connectivity index is 1.61. The van der Waals surface area contributed by atoms with E-state index in [2.05, 4.69) is 45.7 Å². The molecule has 0 radical (unpaired) electrons. The van der Waals surface area contributed by atoms with Gasteiger partial charge in [0.2, 0.25) is 5.91 Å². The van der Waals surface area contributed by atoms with Crippen LogP contribution in [0.4, 0.5) is 0 Å². The fraction of sp³-hybridized carbons (Fsp3) is 0.720. The van der Waals surface area contributed by atoms with Gasteiger partial charge in [-0.25, -0.2) is 0 Å². The fourth-order valence-electron chi connectivity index (χ4n) is 4.78. The monoisotopic (exact) mass is 483 g/mol. The highest BCUT2D eigenvalue weighted by atomic mass is 35.5. The van der Waals surface area contributed by atoms with E-state index in [0.717, 1.165) is 49.8 Å². The topological polar surface area (TPSA) is 29.5 Å². The minimum atomic E-state index is -1.74. The van der Waals surface area contributed by atoms with Crippen LogP contribution in [-0.2, 0) is 15.6 Å². The van der Waals surface area contributed by atoms with E-state index < -0.39 is 13.7 Å². The van der Waals surface area contributed by atoms with Gasteiger partial charge >= 0.3 is 0 Å². The molecule has 1 atom stereocenters. The van der Waals surface area contributed by atoms with Crippen molar-refractivity contribution >= 4 is 37.4 Å². The highest BCUT2D eigenvalue weighted by Gasteiger charge is 2.46. The van der Waals surface area contributed by atoms with Gasteiger partial charge in [-0.05, 0) is 80.8 Å². The Morgan fingerprint density at radius 1 is 1.16 bits per heavy atom. The molecule has 1 aliphatic carbocycles. The normalized spacial score (nSPS) is 27.8. The summed E-state index contributed by atoms with van der Waals surface area (Å²) in [6.45, 7) is 16.4. The molecule has 0 N–H and O–H groups in total. The molecule has 2 fully saturated rings. The second-order valence-electron chi connectivity index (χ2n) is 11.4. The minimum Gasteiger partial charge on any atom is -0.414 e. The molecule has 0 aromatic heterocycles. The van der Waals surface area contributed by atoms with E-state index in [0.29, 0.717) is 28.6 Å². The Bertz CT molecular complexity index is 828. The van der Waals surface area contributed by atoms with Gasteiger partial charge in [0.1, 0.15) is 0 Å². The Kier molecular flexibility index (Phi) is 7.28. The summed E-state index contributed by atoms with van der Waals surface area (Å²) in [7, 11) is -1.74. The summed E-state index contributed by atoms with van der Waals surface area (Å²) in [5.41, 5.74) is 1.53. The van der Waals surface area contributed by atoms with E-state index in [1.54, 1.807) is 0 Å². The molecule has 3 rings (SSSR count). The van der Waals surface area contributed by atoms with Gasteiger partial charge in [-0.1, -0.05) is 57.0 Å². The van der Waals surface area contributed by atoms with Gasteiger partial charge in [0, 0.05) is 28.7 Å². The minimum absolute atomic E-state index is 0.234. The molecule has 0 bridgehead atoms. The molecule has 1 amide bonds. The number of hydrogen-bond donors (Lipinski definition) is 0. The van der Waals surface area contributed by atoms with Gasteiger partial charge in [0.05, 0.1) is 5.41 Å². The Labute approximate surface area is 199 Å². The molecule has 6 heteroatoms. The molecular formula is C25H39Cl2NO2Si. The first-order valence-electron chi connectivity index (χ1n) is 11.7. The zero-order chi connectivity index (χ0) is 23.2. The Hall–Kier alpha value is -0.553. The molecule has 1 aromatic rings. The first kappa shape index (κ1) is 25.1. The SMILES string of the molecule is Cc1c(Cl)ccc(CC2(C)CCN([C@H]3CC[C@@H](O[Si](C)(C)C(C)(C)C)CC3)C2=O)c1Cl. The van der Waals surface area contributed by atoms with Crippen LogP contribution >= 0.6 is 23.2 Å². The Morgan fingerprint density at radius 3 is 2.35 bits per heavy atom. The highest BCUT2D eigenvalue weighted by molar-refractivity contribution is 6.74. The summed E-state index contributed by atoms with van der Waals surface area (Å²) in [6.07, 6.45) is 6.09. The van der Waals surface area contributed by atoms with Crippen molar-refractivity contribution in [3.05, 3.63) is 33.3 Å². The third-order valence-corrected chi connectivity index (χ3v) is 13.5. The second kappa shape index (κ2) is 9.00. The summed E-state index contributed by atoms with van der Waals surface area (Å²) in [6, 6.07) is 4.21. The van der Waals surface area contributed by atoms with Crippen LogP contribution in [0.5, 0.6) is 0 Å². The summed E-state index contributed by atoms with van der Waals surface area (Å²) in [5.74, 6) is 0.282. The third kappa shape index (κ3) is 5.18. The van der Waals surface area contributed by atoms with E-state index in [-0.39, 0.29) is 10.9 Å². The van der Waals surface area contributed by atoms with Crippen LogP contribution in [0.15, 0.2) is 12.1 Å². The predicted molar refractivity (Wildman–Crippen MR) is 134 cm³/mol. The molecule has 0 spiro atoms. The van der Waals surface area contributed by atoms with Crippen molar-refractivity contribution in [1.29, 1.82) is 0 Å². The van der Waals surface area contributed by atoms with E-state index in [9.17, 15) is 4.79 Å². The van der Waals surface area contributed by atoms with Crippen molar-refractivity contribution in [3.8, 4) is 0 Å². The van der Waals surface area contributed by atoms with Crippen LogP contribution in [0, 0.1) is 12.3 Å². The molecule has 3 nitrogen and oxygen atoms in total. The number of benzene rings is 1. The van der Waals surface area contributed by atoms with E-state index in [1.807, 2.05) is 19.1 Å². The van der Waals surface area contributed by atoms with E-state index in [4.69, 9.17) is 27.6 Å². The summed E-state index contributed by atoms with van der Waals surface area (Å²) < 4.78 is 6.64. The number of likely N-dealkylation sites (tertiary alicyclic amines) is 1. The lowest BCUT2D eigenvalue weighted by molar-refractivity contribution is -0.138. The molecule has 1 unspecified atom stereocenters. The number of carbonyl (C=O) groups is 1. The predicted octanol–water partition coefficient (Wildman–Crippen LogP) is 7.42.